The van der Waals surface area contributed by atoms with Crippen molar-refractivity contribution in [3.63, 3.8) is 0 Å². The Kier molecular flexibility index (Phi) is 2.99. The van der Waals surface area contributed by atoms with Crippen molar-refractivity contribution in [2.75, 3.05) is 18.5 Å². The maximum absolute atomic E-state index is 12.5. The Morgan fingerprint density at radius 3 is 2.68 bits per heavy atom. The topological polar surface area (TPSA) is 32.3 Å². The van der Waals surface area contributed by atoms with Gasteiger partial charge in [-0.05, 0) is 37.9 Å². The van der Waals surface area contributed by atoms with Gasteiger partial charge in [0.25, 0.3) is 5.91 Å². The van der Waals surface area contributed by atoms with Crippen LogP contribution in [0.15, 0.2) is 36.4 Å². The number of nitrogens with one attached hydrogen (secondary N) is 1. The van der Waals surface area contributed by atoms with Crippen molar-refractivity contribution in [1.29, 1.82) is 0 Å². The Morgan fingerprint density at radius 1 is 1.21 bits per heavy atom. The van der Waals surface area contributed by atoms with E-state index in [0.717, 1.165) is 35.0 Å². The molecule has 0 saturated heterocycles. The maximum atomic E-state index is 12.5. The summed E-state index contributed by atoms with van der Waals surface area (Å²) < 4.78 is 0. The molecule has 1 N–H and O–H groups in total. The molecule has 19 heavy (non-hydrogen) atoms. The number of amides is 1. The monoisotopic (exact) mass is 254 g/mol. The van der Waals surface area contributed by atoms with Crippen molar-refractivity contribution in [3.8, 4) is 0 Å². The van der Waals surface area contributed by atoms with Gasteiger partial charge in [-0.3, -0.25) is 4.79 Å². The third-order valence-electron chi connectivity index (χ3n) is 3.93. The van der Waals surface area contributed by atoms with Crippen LogP contribution < -0.4 is 10.2 Å². The van der Waals surface area contributed by atoms with Crippen LogP contribution in [0.5, 0.6) is 0 Å². The lowest BCUT2D eigenvalue weighted by atomic mass is 10.1. The molecule has 0 saturated carbocycles. The lowest BCUT2D eigenvalue weighted by Crippen LogP contribution is -2.32. The molecular weight excluding hydrogens is 236 g/mol. The quantitative estimate of drug-likeness (QED) is 0.910. The molecule has 0 spiro atoms. The molecule has 3 rings (SSSR count). The van der Waals surface area contributed by atoms with Crippen molar-refractivity contribution in [1.82, 2.24) is 5.32 Å². The molecule has 0 aliphatic carbocycles. The molecule has 0 fully saturated rings. The van der Waals surface area contributed by atoms with E-state index in [2.05, 4.69) is 24.4 Å². The first kappa shape index (κ1) is 12.2. The lowest BCUT2D eigenvalue weighted by Gasteiger charge is -2.20. The van der Waals surface area contributed by atoms with E-state index in [1.165, 1.54) is 0 Å². The average Bonchev–Trinajstić information content (AvgIpc) is 2.72. The summed E-state index contributed by atoms with van der Waals surface area (Å²) in [6.07, 6.45) is 0.951. The minimum atomic E-state index is 0.134. The van der Waals surface area contributed by atoms with E-state index in [0.29, 0.717) is 6.04 Å². The van der Waals surface area contributed by atoms with Gasteiger partial charge in [0.05, 0.1) is 5.69 Å². The number of carbonyl (C=O) groups is 1. The van der Waals surface area contributed by atoms with E-state index >= 15 is 0 Å². The SMILES string of the molecule is CNC(C)CCN1C(=O)c2cccc3cccc1c23. The summed E-state index contributed by atoms with van der Waals surface area (Å²) >= 11 is 0. The zero-order chi connectivity index (χ0) is 13.4. The minimum absolute atomic E-state index is 0.134. The zero-order valence-electron chi connectivity index (χ0n) is 11.3. The van der Waals surface area contributed by atoms with E-state index in [-0.39, 0.29) is 5.91 Å². The zero-order valence-corrected chi connectivity index (χ0v) is 11.3. The molecule has 1 atom stereocenters. The Hall–Kier alpha value is -1.87. The second-order valence-corrected chi connectivity index (χ2v) is 5.12. The summed E-state index contributed by atoms with van der Waals surface area (Å²) in [6, 6.07) is 12.5. The van der Waals surface area contributed by atoms with Gasteiger partial charge >= 0.3 is 0 Å². The molecule has 0 radical (unpaired) electrons. The van der Waals surface area contributed by atoms with Gasteiger partial charge in [-0.2, -0.15) is 0 Å². The maximum Gasteiger partial charge on any atom is 0.258 e. The summed E-state index contributed by atoms with van der Waals surface area (Å²) in [6.45, 7) is 2.89. The molecule has 2 aromatic rings. The van der Waals surface area contributed by atoms with E-state index in [1.807, 2.05) is 36.2 Å². The summed E-state index contributed by atoms with van der Waals surface area (Å²) in [5.41, 5.74) is 1.90. The molecular formula is C16H18N2O. The molecule has 0 bridgehead atoms. The van der Waals surface area contributed by atoms with Crippen LogP contribution in [0.25, 0.3) is 10.8 Å². The van der Waals surface area contributed by atoms with Crippen molar-refractivity contribution in [2.24, 2.45) is 0 Å². The highest BCUT2D eigenvalue weighted by Crippen LogP contribution is 2.37. The number of anilines is 1. The Labute approximate surface area is 113 Å². The number of hydrogen-bond donors (Lipinski definition) is 1. The van der Waals surface area contributed by atoms with Crippen LogP contribution in [-0.2, 0) is 0 Å². The summed E-state index contributed by atoms with van der Waals surface area (Å²) in [5.74, 6) is 0.134. The molecule has 1 amide bonds. The van der Waals surface area contributed by atoms with Crippen LogP contribution in [0.3, 0.4) is 0 Å². The van der Waals surface area contributed by atoms with Crippen molar-refractivity contribution in [3.05, 3.63) is 42.0 Å². The molecule has 3 heteroatoms. The fourth-order valence-corrected chi connectivity index (χ4v) is 2.67. The smallest absolute Gasteiger partial charge is 0.258 e. The number of nitrogens with zero attached hydrogens (tertiary/aromatic N) is 1. The minimum Gasteiger partial charge on any atom is -0.317 e. The molecule has 1 unspecified atom stereocenters. The third-order valence-corrected chi connectivity index (χ3v) is 3.93. The van der Waals surface area contributed by atoms with Crippen molar-refractivity contribution >= 4 is 22.4 Å². The predicted octanol–water partition coefficient (Wildman–Crippen LogP) is 2.80. The lowest BCUT2D eigenvalue weighted by molar-refractivity contribution is 0.0992. The van der Waals surface area contributed by atoms with Crippen LogP contribution in [-0.4, -0.2) is 25.5 Å². The highest BCUT2D eigenvalue weighted by atomic mass is 16.2. The predicted molar refractivity (Wildman–Crippen MR) is 78.8 cm³/mol. The first-order valence-electron chi connectivity index (χ1n) is 6.73. The Balaban J connectivity index is 1.98. The van der Waals surface area contributed by atoms with Crippen LogP contribution in [0.1, 0.15) is 23.7 Å². The summed E-state index contributed by atoms with van der Waals surface area (Å²) in [7, 11) is 1.95. The van der Waals surface area contributed by atoms with Crippen LogP contribution in [0, 0.1) is 0 Å². The second kappa shape index (κ2) is 4.67. The molecule has 1 aliphatic heterocycles. The van der Waals surface area contributed by atoms with Gasteiger partial charge in [0.2, 0.25) is 0 Å². The summed E-state index contributed by atoms with van der Waals surface area (Å²) in [4.78, 5) is 14.4. The standard InChI is InChI=1S/C16H18N2O/c1-11(17-2)9-10-18-14-8-4-6-12-5-3-7-13(15(12)14)16(18)19/h3-8,11,17H,9-10H2,1-2H3. The fourth-order valence-electron chi connectivity index (χ4n) is 2.67. The van der Waals surface area contributed by atoms with Crippen molar-refractivity contribution < 1.29 is 4.79 Å². The Bertz CT molecular complexity index is 630. The van der Waals surface area contributed by atoms with E-state index < -0.39 is 0 Å². The molecule has 0 aromatic heterocycles. The van der Waals surface area contributed by atoms with Crippen molar-refractivity contribution in [2.45, 2.75) is 19.4 Å². The number of benzene rings is 2. The van der Waals surface area contributed by atoms with E-state index in [9.17, 15) is 4.79 Å². The summed E-state index contributed by atoms with van der Waals surface area (Å²) in [5, 5.41) is 5.46. The van der Waals surface area contributed by atoms with Gasteiger partial charge in [-0.25, -0.2) is 0 Å². The number of carbonyl (C=O) groups excluding carboxylic acids is 1. The van der Waals surface area contributed by atoms with Gasteiger partial charge in [-0.1, -0.05) is 24.3 Å². The average molecular weight is 254 g/mol. The van der Waals surface area contributed by atoms with E-state index in [1.54, 1.807) is 0 Å². The van der Waals surface area contributed by atoms with Gasteiger partial charge in [0.1, 0.15) is 0 Å². The second-order valence-electron chi connectivity index (χ2n) is 5.12. The first-order valence-corrected chi connectivity index (χ1v) is 6.73. The highest BCUT2D eigenvalue weighted by molar-refractivity contribution is 6.24. The number of rotatable bonds is 4. The number of hydrogen-bond acceptors (Lipinski definition) is 2. The Morgan fingerprint density at radius 2 is 1.95 bits per heavy atom. The van der Waals surface area contributed by atoms with Gasteiger partial charge in [0, 0.05) is 23.5 Å². The molecule has 98 valence electrons. The molecule has 2 aromatic carbocycles. The first-order chi connectivity index (χ1) is 9.22. The van der Waals surface area contributed by atoms with Gasteiger partial charge in [0.15, 0.2) is 0 Å². The third kappa shape index (κ3) is 1.90. The van der Waals surface area contributed by atoms with Gasteiger partial charge in [-0.15, -0.1) is 0 Å². The van der Waals surface area contributed by atoms with E-state index in [4.69, 9.17) is 0 Å². The highest BCUT2D eigenvalue weighted by Gasteiger charge is 2.29. The normalized spacial score (nSPS) is 15.3. The largest absolute Gasteiger partial charge is 0.317 e. The molecule has 3 nitrogen and oxygen atoms in total. The molecule has 1 heterocycles. The van der Waals surface area contributed by atoms with Crippen LogP contribution >= 0.6 is 0 Å². The van der Waals surface area contributed by atoms with Gasteiger partial charge < -0.3 is 10.2 Å². The fraction of sp³-hybridized carbons (Fsp3) is 0.312. The van der Waals surface area contributed by atoms with Crippen LogP contribution in [0.4, 0.5) is 5.69 Å². The molecule has 1 aliphatic rings. The van der Waals surface area contributed by atoms with Crippen LogP contribution in [0.2, 0.25) is 0 Å².